The van der Waals surface area contributed by atoms with Gasteiger partial charge in [0.25, 0.3) is 5.91 Å². The van der Waals surface area contributed by atoms with Crippen molar-refractivity contribution >= 4 is 28.2 Å². The molecule has 1 aliphatic heterocycles. The van der Waals surface area contributed by atoms with Crippen LogP contribution in [0.2, 0.25) is 0 Å². The second-order valence-electron chi connectivity index (χ2n) is 3.90. The number of rotatable bonds is 3. The normalized spacial score (nSPS) is 19.2. The molecule has 1 fully saturated rings. The van der Waals surface area contributed by atoms with Crippen molar-refractivity contribution in [3.63, 3.8) is 0 Å². The smallest absolute Gasteiger partial charge is 0.338 e. The number of carbonyl (C=O) groups is 2. The fourth-order valence-electron chi connectivity index (χ4n) is 1.74. The summed E-state index contributed by atoms with van der Waals surface area (Å²) < 4.78 is 5.24. The molecule has 5 nitrogen and oxygen atoms in total. The van der Waals surface area contributed by atoms with Gasteiger partial charge in [-0.25, -0.2) is 4.79 Å². The Kier molecular flexibility index (Phi) is 3.44. The van der Waals surface area contributed by atoms with Gasteiger partial charge in [0.15, 0.2) is 0 Å². The number of aromatic carboxylic acids is 1. The second kappa shape index (κ2) is 4.85. The van der Waals surface area contributed by atoms with E-state index in [0.29, 0.717) is 18.0 Å². The van der Waals surface area contributed by atoms with Gasteiger partial charge in [-0.05, 0) is 25.8 Å². The van der Waals surface area contributed by atoms with Crippen LogP contribution in [0.15, 0.2) is 6.07 Å². The lowest BCUT2D eigenvalue weighted by molar-refractivity contribution is -0.124. The number of carboxylic acid groups (broad SMARTS) is 1. The van der Waals surface area contributed by atoms with E-state index in [0.717, 1.165) is 11.3 Å². The summed E-state index contributed by atoms with van der Waals surface area (Å²) in [5, 5.41) is 12.0. The van der Waals surface area contributed by atoms with Crippen molar-refractivity contribution in [3.05, 3.63) is 16.5 Å². The third kappa shape index (κ3) is 2.65. The quantitative estimate of drug-likeness (QED) is 0.864. The molecule has 1 aromatic rings. The zero-order valence-corrected chi connectivity index (χ0v) is 10.2. The van der Waals surface area contributed by atoms with Crippen LogP contribution in [0, 0.1) is 6.92 Å². The van der Waals surface area contributed by atoms with Crippen LogP contribution in [-0.2, 0) is 9.53 Å². The molecule has 17 heavy (non-hydrogen) atoms. The fourth-order valence-corrected chi connectivity index (χ4v) is 2.65. The predicted molar refractivity (Wildman–Crippen MR) is 63.6 cm³/mol. The Balaban J connectivity index is 2.12. The van der Waals surface area contributed by atoms with Gasteiger partial charge in [-0.3, -0.25) is 4.79 Å². The number of carboxylic acids is 1. The van der Waals surface area contributed by atoms with E-state index >= 15 is 0 Å². The van der Waals surface area contributed by atoms with Crippen molar-refractivity contribution in [2.75, 3.05) is 11.9 Å². The molecule has 1 amide bonds. The number of anilines is 1. The molecular weight excluding hydrogens is 242 g/mol. The van der Waals surface area contributed by atoms with Crippen LogP contribution in [0.5, 0.6) is 0 Å². The highest BCUT2D eigenvalue weighted by Crippen LogP contribution is 2.28. The minimum atomic E-state index is -1.03. The topological polar surface area (TPSA) is 75.6 Å². The number of ether oxygens (including phenoxy) is 1. The van der Waals surface area contributed by atoms with Gasteiger partial charge >= 0.3 is 5.97 Å². The van der Waals surface area contributed by atoms with Gasteiger partial charge in [0, 0.05) is 11.5 Å². The standard InChI is InChI=1S/C11H13NO4S/c1-6-5-7(11(14)15)10(17-6)12-9(13)8-3-2-4-16-8/h5,8H,2-4H2,1H3,(H,12,13)(H,14,15)/t8-/m1/s1. The number of amides is 1. The summed E-state index contributed by atoms with van der Waals surface area (Å²) in [4.78, 5) is 23.6. The Morgan fingerprint density at radius 2 is 2.35 bits per heavy atom. The fraction of sp³-hybridized carbons (Fsp3) is 0.455. The summed E-state index contributed by atoms with van der Waals surface area (Å²) in [6, 6.07) is 1.55. The average Bonchev–Trinajstić information content (AvgIpc) is 2.86. The molecule has 0 bridgehead atoms. The van der Waals surface area contributed by atoms with E-state index < -0.39 is 12.1 Å². The summed E-state index contributed by atoms with van der Waals surface area (Å²) in [5.41, 5.74) is 0.138. The molecule has 2 heterocycles. The van der Waals surface area contributed by atoms with Crippen LogP contribution >= 0.6 is 11.3 Å². The van der Waals surface area contributed by atoms with Crippen LogP contribution < -0.4 is 5.32 Å². The van der Waals surface area contributed by atoms with Gasteiger partial charge < -0.3 is 15.2 Å². The Morgan fingerprint density at radius 3 is 2.94 bits per heavy atom. The zero-order valence-electron chi connectivity index (χ0n) is 9.36. The molecule has 6 heteroatoms. The van der Waals surface area contributed by atoms with Gasteiger partial charge in [-0.1, -0.05) is 0 Å². The maximum Gasteiger partial charge on any atom is 0.338 e. The van der Waals surface area contributed by atoms with Crippen molar-refractivity contribution in [2.24, 2.45) is 0 Å². The summed E-state index contributed by atoms with van der Waals surface area (Å²) in [6.45, 7) is 2.40. The summed E-state index contributed by atoms with van der Waals surface area (Å²) in [6.07, 6.45) is 1.12. The third-order valence-corrected chi connectivity index (χ3v) is 3.51. The first-order chi connectivity index (χ1) is 8.08. The van der Waals surface area contributed by atoms with Crippen molar-refractivity contribution in [1.29, 1.82) is 0 Å². The lowest BCUT2D eigenvalue weighted by atomic mass is 10.2. The molecule has 0 unspecified atom stereocenters. The zero-order chi connectivity index (χ0) is 12.4. The molecule has 0 aliphatic carbocycles. The van der Waals surface area contributed by atoms with E-state index in [9.17, 15) is 9.59 Å². The van der Waals surface area contributed by atoms with E-state index in [1.165, 1.54) is 11.3 Å². The van der Waals surface area contributed by atoms with E-state index in [4.69, 9.17) is 9.84 Å². The first-order valence-corrected chi connectivity index (χ1v) is 6.16. The van der Waals surface area contributed by atoms with E-state index in [2.05, 4.69) is 5.32 Å². The number of hydrogen-bond donors (Lipinski definition) is 2. The second-order valence-corrected chi connectivity index (χ2v) is 5.15. The summed E-state index contributed by atoms with van der Waals surface area (Å²) in [5.74, 6) is -1.29. The van der Waals surface area contributed by atoms with Crippen molar-refractivity contribution in [2.45, 2.75) is 25.9 Å². The van der Waals surface area contributed by atoms with Crippen LogP contribution in [0.4, 0.5) is 5.00 Å². The lowest BCUT2D eigenvalue weighted by Crippen LogP contribution is -2.27. The number of carbonyl (C=O) groups excluding carboxylic acids is 1. The summed E-state index contributed by atoms with van der Waals surface area (Å²) >= 11 is 1.26. The molecule has 1 saturated heterocycles. The van der Waals surface area contributed by atoms with Crippen molar-refractivity contribution < 1.29 is 19.4 Å². The molecule has 1 atom stereocenters. The van der Waals surface area contributed by atoms with Gasteiger partial charge in [0.05, 0.1) is 5.56 Å². The van der Waals surface area contributed by atoms with Crippen molar-refractivity contribution in [3.8, 4) is 0 Å². The van der Waals surface area contributed by atoms with Crippen LogP contribution in [0.1, 0.15) is 28.1 Å². The molecule has 2 rings (SSSR count). The van der Waals surface area contributed by atoms with Crippen LogP contribution in [0.25, 0.3) is 0 Å². The van der Waals surface area contributed by atoms with E-state index in [1.807, 2.05) is 0 Å². The number of hydrogen-bond acceptors (Lipinski definition) is 4. The Morgan fingerprint density at radius 1 is 1.59 bits per heavy atom. The number of nitrogens with one attached hydrogen (secondary N) is 1. The highest BCUT2D eigenvalue weighted by atomic mass is 32.1. The van der Waals surface area contributed by atoms with Gasteiger partial charge in [-0.2, -0.15) is 0 Å². The Labute approximate surface area is 102 Å². The van der Waals surface area contributed by atoms with Crippen LogP contribution in [-0.4, -0.2) is 29.7 Å². The average molecular weight is 255 g/mol. The van der Waals surface area contributed by atoms with E-state index in [-0.39, 0.29) is 11.5 Å². The van der Waals surface area contributed by atoms with Gasteiger partial charge in [0.1, 0.15) is 11.1 Å². The highest BCUT2D eigenvalue weighted by Gasteiger charge is 2.25. The molecule has 0 spiro atoms. The maximum absolute atomic E-state index is 11.8. The molecule has 92 valence electrons. The maximum atomic E-state index is 11.8. The Hall–Kier alpha value is -1.40. The highest BCUT2D eigenvalue weighted by molar-refractivity contribution is 7.16. The Bertz CT molecular complexity index is 448. The van der Waals surface area contributed by atoms with Gasteiger partial charge in [-0.15, -0.1) is 11.3 Å². The lowest BCUT2D eigenvalue weighted by Gasteiger charge is -2.09. The predicted octanol–water partition coefficient (Wildman–Crippen LogP) is 1.87. The molecule has 0 saturated carbocycles. The van der Waals surface area contributed by atoms with Gasteiger partial charge in [0.2, 0.25) is 0 Å². The minimum Gasteiger partial charge on any atom is -0.478 e. The van der Waals surface area contributed by atoms with Crippen molar-refractivity contribution in [1.82, 2.24) is 0 Å². The number of thiophene rings is 1. The minimum absolute atomic E-state index is 0.138. The summed E-state index contributed by atoms with van der Waals surface area (Å²) in [7, 11) is 0. The first-order valence-electron chi connectivity index (χ1n) is 5.34. The molecule has 1 aliphatic rings. The number of aryl methyl sites for hydroxylation is 1. The first kappa shape index (κ1) is 12.1. The SMILES string of the molecule is Cc1cc(C(=O)O)c(NC(=O)[C@H]2CCCO2)s1. The monoisotopic (exact) mass is 255 g/mol. The molecule has 1 aromatic heterocycles. The van der Waals surface area contributed by atoms with E-state index in [1.54, 1.807) is 13.0 Å². The molecular formula is C11H13NO4S. The van der Waals surface area contributed by atoms with Crippen LogP contribution in [0.3, 0.4) is 0 Å². The molecule has 2 N–H and O–H groups in total. The third-order valence-electron chi connectivity index (χ3n) is 2.54. The molecule has 0 aromatic carbocycles. The molecule has 0 radical (unpaired) electrons. The largest absolute Gasteiger partial charge is 0.478 e.